The summed E-state index contributed by atoms with van der Waals surface area (Å²) in [5.74, 6) is -0.566. The molecule has 0 atom stereocenters. The fraction of sp³-hybridized carbons (Fsp3) is 0.833. The predicted octanol–water partition coefficient (Wildman–Crippen LogP) is 3.90. The molecule has 7 nitrogen and oxygen atoms in total. The van der Waals surface area contributed by atoms with Crippen LogP contribution in [0.5, 0.6) is 0 Å². The van der Waals surface area contributed by atoms with Crippen LogP contribution >= 0.6 is 0 Å². The van der Waals surface area contributed by atoms with E-state index in [4.69, 9.17) is 18.9 Å². The summed E-state index contributed by atoms with van der Waals surface area (Å²) in [5.41, 5.74) is 0. The molecule has 1 aliphatic heterocycles. The molecule has 0 unspecified atom stereocenters. The van der Waals surface area contributed by atoms with Crippen LogP contribution in [0.25, 0.3) is 0 Å². The quantitative estimate of drug-likeness (QED) is 0.177. The summed E-state index contributed by atoms with van der Waals surface area (Å²) in [4.78, 5) is 23.9. The van der Waals surface area contributed by atoms with E-state index in [1.165, 1.54) is 69.9 Å². The molecule has 2 amide bonds. The first kappa shape index (κ1) is 27.8. The lowest BCUT2D eigenvalue weighted by Gasteiger charge is -2.13. The van der Waals surface area contributed by atoms with Gasteiger partial charge >= 0.3 is 0 Å². The van der Waals surface area contributed by atoms with Crippen LogP contribution in [-0.4, -0.2) is 76.1 Å². The Morgan fingerprint density at radius 2 is 0.935 bits per heavy atom. The van der Waals surface area contributed by atoms with Crippen LogP contribution in [0, 0.1) is 0 Å². The SMILES string of the molecule is CCCCCCCCCCCCOCCOCCOCCOCCN1C(=O)C=CC1=O. The number of carbonyl (C=O) groups excluding carboxylic acids is 2. The predicted molar refractivity (Wildman–Crippen MR) is 121 cm³/mol. The summed E-state index contributed by atoms with van der Waals surface area (Å²) in [6.45, 7) is 6.80. The Hall–Kier alpha value is -1.28. The molecule has 0 aromatic carbocycles. The average Bonchev–Trinajstić information content (AvgIpc) is 3.09. The van der Waals surface area contributed by atoms with Crippen LogP contribution in [0.4, 0.5) is 0 Å². The van der Waals surface area contributed by atoms with E-state index in [9.17, 15) is 9.59 Å². The molecule has 0 saturated heterocycles. The minimum absolute atomic E-state index is 0.271. The number of ether oxygens (including phenoxy) is 4. The van der Waals surface area contributed by atoms with Crippen molar-refractivity contribution in [3.05, 3.63) is 12.2 Å². The first-order chi connectivity index (χ1) is 15.3. The van der Waals surface area contributed by atoms with E-state index in [2.05, 4.69) is 6.92 Å². The lowest BCUT2D eigenvalue weighted by Crippen LogP contribution is -2.33. The summed E-state index contributed by atoms with van der Waals surface area (Å²) in [7, 11) is 0. The highest BCUT2D eigenvalue weighted by molar-refractivity contribution is 6.12. The number of rotatable bonds is 23. The van der Waals surface area contributed by atoms with Gasteiger partial charge in [0.2, 0.25) is 0 Å². The Kier molecular flexibility index (Phi) is 18.5. The highest BCUT2D eigenvalue weighted by Gasteiger charge is 2.22. The lowest BCUT2D eigenvalue weighted by atomic mass is 10.1. The highest BCUT2D eigenvalue weighted by atomic mass is 16.6. The molecule has 0 bridgehead atoms. The molecule has 0 saturated carbocycles. The second-order valence-electron chi connectivity index (χ2n) is 7.79. The van der Waals surface area contributed by atoms with Crippen molar-refractivity contribution in [2.24, 2.45) is 0 Å². The summed E-state index contributed by atoms with van der Waals surface area (Å²) in [5, 5.41) is 0. The largest absolute Gasteiger partial charge is 0.379 e. The topological polar surface area (TPSA) is 74.3 Å². The highest BCUT2D eigenvalue weighted by Crippen LogP contribution is 2.10. The molecular formula is C24H43NO6. The zero-order chi connectivity index (χ0) is 22.4. The Morgan fingerprint density at radius 3 is 1.42 bits per heavy atom. The maximum Gasteiger partial charge on any atom is 0.253 e. The fourth-order valence-corrected chi connectivity index (χ4v) is 3.26. The molecule has 7 heteroatoms. The van der Waals surface area contributed by atoms with Gasteiger partial charge in [0.25, 0.3) is 11.8 Å². The zero-order valence-corrected chi connectivity index (χ0v) is 19.5. The maximum atomic E-state index is 11.3. The Labute approximate surface area is 188 Å². The van der Waals surface area contributed by atoms with Crippen molar-refractivity contribution in [3.63, 3.8) is 0 Å². The van der Waals surface area contributed by atoms with Crippen LogP contribution in [0.2, 0.25) is 0 Å². The van der Waals surface area contributed by atoms with Gasteiger partial charge in [-0.3, -0.25) is 14.5 Å². The van der Waals surface area contributed by atoms with Gasteiger partial charge in [-0.2, -0.15) is 0 Å². The number of nitrogens with zero attached hydrogens (tertiary/aromatic N) is 1. The molecule has 1 heterocycles. The van der Waals surface area contributed by atoms with E-state index in [0.717, 1.165) is 17.9 Å². The smallest absolute Gasteiger partial charge is 0.253 e. The molecule has 0 spiro atoms. The van der Waals surface area contributed by atoms with Gasteiger partial charge in [-0.1, -0.05) is 64.7 Å². The molecular weight excluding hydrogens is 398 g/mol. The second-order valence-corrected chi connectivity index (χ2v) is 7.79. The van der Waals surface area contributed by atoms with Crippen LogP contribution in [0.15, 0.2) is 12.2 Å². The van der Waals surface area contributed by atoms with Crippen molar-refractivity contribution in [2.45, 2.75) is 71.1 Å². The van der Waals surface area contributed by atoms with Crippen molar-refractivity contribution in [1.29, 1.82) is 0 Å². The third kappa shape index (κ3) is 16.1. The first-order valence-corrected chi connectivity index (χ1v) is 12.1. The number of imide groups is 1. The molecule has 0 aromatic rings. The van der Waals surface area contributed by atoms with Gasteiger partial charge in [0.05, 0.1) is 52.8 Å². The summed E-state index contributed by atoms with van der Waals surface area (Å²) in [6, 6.07) is 0. The summed E-state index contributed by atoms with van der Waals surface area (Å²) < 4.78 is 21.8. The lowest BCUT2D eigenvalue weighted by molar-refractivity contribution is -0.137. The van der Waals surface area contributed by atoms with Crippen LogP contribution in [-0.2, 0) is 28.5 Å². The van der Waals surface area contributed by atoms with Gasteiger partial charge in [0.15, 0.2) is 0 Å². The van der Waals surface area contributed by atoms with Gasteiger partial charge in [-0.15, -0.1) is 0 Å². The third-order valence-corrected chi connectivity index (χ3v) is 5.12. The Bertz CT molecular complexity index is 465. The van der Waals surface area contributed by atoms with E-state index in [1.54, 1.807) is 0 Å². The molecule has 1 rings (SSSR count). The van der Waals surface area contributed by atoms with Gasteiger partial charge in [0.1, 0.15) is 0 Å². The van der Waals surface area contributed by atoms with Gasteiger partial charge in [-0.05, 0) is 6.42 Å². The van der Waals surface area contributed by atoms with E-state index < -0.39 is 0 Å². The third-order valence-electron chi connectivity index (χ3n) is 5.12. The van der Waals surface area contributed by atoms with Crippen LogP contribution in [0.3, 0.4) is 0 Å². The molecule has 31 heavy (non-hydrogen) atoms. The van der Waals surface area contributed by atoms with Crippen molar-refractivity contribution in [2.75, 3.05) is 59.4 Å². The standard InChI is InChI=1S/C24H43NO6/c1-2-3-4-5-6-7-8-9-10-11-15-28-17-19-30-21-22-31-20-18-29-16-14-25-23(26)12-13-24(25)27/h12-13H,2-11,14-22H2,1H3. The van der Waals surface area contributed by atoms with E-state index >= 15 is 0 Å². The minimum atomic E-state index is -0.283. The van der Waals surface area contributed by atoms with E-state index in [1.807, 2.05) is 0 Å². The van der Waals surface area contributed by atoms with Gasteiger partial charge in [-0.25, -0.2) is 0 Å². The van der Waals surface area contributed by atoms with Crippen molar-refractivity contribution in [1.82, 2.24) is 4.90 Å². The minimum Gasteiger partial charge on any atom is -0.379 e. The molecule has 0 radical (unpaired) electrons. The number of amides is 2. The molecule has 0 aromatic heterocycles. The number of unbranched alkanes of at least 4 members (excludes halogenated alkanes) is 9. The van der Waals surface area contributed by atoms with E-state index in [0.29, 0.717) is 46.2 Å². The molecule has 0 N–H and O–H groups in total. The Morgan fingerprint density at radius 1 is 0.548 bits per heavy atom. The average molecular weight is 442 g/mol. The van der Waals surface area contributed by atoms with Gasteiger partial charge in [0, 0.05) is 18.8 Å². The fourth-order valence-electron chi connectivity index (χ4n) is 3.26. The van der Waals surface area contributed by atoms with Gasteiger partial charge < -0.3 is 18.9 Å². The zero-order valence-electron chi connectivity index (χ0n) is 19.5. The maximum absolute atomic E-state index is 11.3. The van der Waals surface area contributed by atoms with Crippen molar-refractivity contribution >= 4 is 11.8 Å². The van der Waals surface area contributed by atoms with Crippen molar-refractivity contribution < 1.29 is 28.5 Å². The summed E-state index contributed by atoms with van der Waals surface area (Å²) in [6.07, 6.45) is 15.9. The molecule has 180 valence electrons. The van der Waals surface area contributed by atoms with Crippen LogP contribution < -0.4 is 0 Å². The first-order valence-electron chi connectivity index (χ1n) is 12.1. The number of carbonyl (C=O) groups is 2. The molecule has 1 aliphatic rings. The van der Waals surface area contributed by atoms with E-state index in [-0.39, 0.29) is 18.4 Å². The number of hydrogen-bond acceptors (Lipinski definition) is 6. The number of hydrogen-bond donors (Lipinski definition) is 0. The van der Waals surface area contributed by atoms with Crippen LogP contribution in [0.1, 0.15) is 71.1 Å². The second kappa shape index (κ2) is 20.6. The van der Waals surface area contributed by atoms with Crippen molar-refractivity contribution in [3.8, 4) is 0 Å². The normalized spacial score (nSPS) is 13.6. The molecule has 0 aliphatic carbocycles. The Balaban J connectivity index is 1.68. The monoisotopic (exact) mass is 441 g/mol. The molecule has 0 fully saturated rings. The summed E-state index contributed by atoms with van der Waals surface area (Å²) >= 11 is 0.